The monoisotopic (exact) mass is 647 g/mol. The molecule has 0 aromatic heterocycles. The Labute approximate surface area is 245 Å². The topological polar surface area (TPSA) is 106 Å². The van der Waals surface area contributed by atoms with Crippen molar-refractivity contribution in [2.24, 2.45) is 5.10 Å². The summed E-state index contributed by atoms with van der Waals surface area (Å²) in [5.41, 5.74) is 5.11. The van der Waals surface area contributed by atoms with E-state index in [0.29, 0.717) is 16.9 Å². The van der Waals surface area contributed by atoms with Gasteiger partial charge in [0.25, 0.3) is 5.91 Å². The van der Waals surface area contributed by atoms with Gasteiger partial charge < -0.3 is 14.8 Å². The van der Waals surface area contributed by atoms with Gasteiger partial charge >= 0.3 is 5.97 Å². The summed E-state index contributed by atoms with van der Waals surface area (Å²) in [7, 11) is 1.46. The predicted octanol–water partition coefficient (Wildman–Crippen LogP) is 4.92. The van der Waals surface area contributed by atoms with Crippen LogP contribution in [-0.4, -0.2) is 37.7 Å². The van der Waals surface area contributed by atoms with Gasteiger partial charge in [0, 0.05) is 3.57 Å². The van der Waals surface area contributed by atoms with E-state index in [9.17, 15) is 14.4 Å². The van der Waals surface area contributed by atoms with Gasteiger partial charge in [-0.25, -0.2) is 10.2 Å². The fourth-order valence-electron chi connectivity index (χ4n) is 3.90. The summed E-state index contributed by atoms with van der Waals surface area (Å²) >= 11 is 2.07. The SMILES string of the molecule is COc1cc(/C=N/NC(=O)CNC(=O)C(c2ccccc2)c2ccccc2)ccc1OC(=O)c1ccccc1I. The molecule has 4 rings (SSSR count). The summed E-state index contributed by atoms with van der Waals surface area (Å²) in [4.78, 5) is 38.0. The van der Waals surface area contributed by atoms with Crippen molar-refractivity contribution < 1.29 is 23.9 Å². The van der Waals surface area contributed by atoms with Gasteiger partial charge in [-0.3, -0.25) is 9.59 Å². The first-order valence-electron chi connectivity index (χ1n) is 12.3. The fraction of sp³-hybridized carbons (Fsp3) is 0.0968. The highest BCUT2D eigenvalue weighted by Gasteiger charge is 2.22. The van der Waals surface area contributed by atoms with Gasteiger partial charge in [-0.05, 0) is 69.6 Å². The predicted molar refractivity (Wildman–Crippen MR) is 161 cm³/mol. The van der Waals surface area contributed by atoms with Crippen molar-refractivity contribution in [1.82, 2.24) is 10.7 Å². The number of ether oxygens (including phenoxy) is 2. The second-order valence-corrected chi connectivity index (χ2v) is 9.71. The van der Waals surface area contributed by atoms with Crippen LogP contribution in [-0.2, 0) is 9.59 Å². The third kappa shape index (κ3) is 7.54. The maximum absolute atomic E-state index is 13.1. The summed E-state index contributed by atoms with van der Waals surface area (Å²) in [6.45, 7) is -0.247. The van der Waals surface area contributed by atoms with Gasteiger partial charge in [-0.1, -0.05) is 72.8 Å². The lowest BCUT2D eigenvalue weighted by molar-refractivity contribution is -0.126. The molecule has 0 heterocycles. The van der Waals surface area contributed by atoms with Crippen molar-refractivity contribution in [3.05, 3.63) is 129 Å². The molecule has 0 aliphatic carbocycles. The van der Waals surface area contributed by atoms with E-state index in [4.69, 9.17) is 9.47 Å². The molecule has 40 heavy (non-hydrogen) atoms. The number of nitrogens with zero attached hydrogens (tertiary/aromatic N) is 1. The van der Waals surface area contributed by atoms with Gasteiger partial charge in [0.2, 0.25) is 5.91 Å². The molecule has 0 bridgehead atoms. The molecule has 0 unspecified atom stereocenters. The zero-order chi connectivity index (χ0) is 28.3. The van der Waals surface area contributed by atoms with E-state index in [-0.39, 0.29) is 18.2 Å². The highest BCUT2D eigenvalue weighted by atomic mass is 127. The van der Waals surface area contributed by atoms with Crippen LogP contribution >= 0.6 is 22.6 Å². The average Bonchev–Trinajstić information content (AvgIpc) is 2.98. The van der Waals surface area contributed by atoms with Crippen LogP contribution in [0.1, 0.15) is 33.0 Å². The van der Waals surface area contributed by atoms with Crippen LogP contribution in [0.25, 0.3) is 0 Å². The molecule has 9 heteroatoms. The van der Waals surface area contributed by atoms with Crippen LogP contribution in [0.15, 0.2) is 108 Å². The maximum atomic E-state index is 13.1. The Bertz CT molecular complexity index is 1470. The highest BCUT2D eigenvalue weighted by Crippen LogP contribution is 2.29. The summed E-state index contributed by atoms with van der Waals surface area (Å²) in [6.07, 6.45) is 1.42. The number of hydrogen-bond acceptors (Lipinski definition) is 6. The Morgan fingerprint density at radius 3 is 2.10 bits per heavy atom. The molecule has 4 aromatic rings. The van der Waals surface area contributed by atoms with Crippen molar-refractivity contribution in [3.8, 4) is 11.5 Å². The van der Waals surface area contributed by atoms with E-state index in [1.165, 1.54) is 13.3 Å². The Hall–Kier alpha value is -4.51. The van der Waals surface area contributed by atoms with E-state index in [0.717, 1.165) is 14.7 Å². The highest BCUT2D eigenvalue weighted by molar-refractivity contribution is 14.1. The van der Waals surface area contributed by atoms with E-state index in [1.807, 2.05) is 72.8 Å². The smallest absolute Gasteiger partial charge is 0.344 e. The standard InChI is InChI=1S/C31H26IN3O5/c1-39-27-18-21(16-17-26(27)40-31(38)24-14-8-9-15-25(24)32)19-34-35-28(36)20-33-30(37)29(22-10-4-2-5-11-22)23-12-6-3-7-13-23/h2-19,29H,20H2,1H3,(H,33,37)(H,35,36)/b34-19+. The minimum atomic E-state index is -0.552. The van der Waals surface area contributed by atoms with Gasteiger partial charge in [-0.2, -0.15) is 5.10 Å². The molecule has 0 aliphatic heterocycles. The van der Waals surface area contributed by atoms with Crippen molar-refractivity contribution in [2.75, 3.05) is 13.7 Å². The number of nitrogens with one attached hydrogen (secondary N) is 2. The molecule has 2 N–H and O–H groups in total. The molecular formula is C31H26IN3O5. The number of carbonyl (C=O) groups is 3. The van der Waals surface area contributed by atoms with Crippen LogP contribution in [0, 0.1) is 3.57 Å². The summed E-state index contributed by atoms with van der Waals surface area (Å²) < 4.78 is 11.7. The first-order chi connectivity index (χ1) is 19.5. The minimum Gasteiger partial charge on any atom is -0.493 e. The Morgan fingerprint density at radius 2 is 1.48 bits per heavy atom. The van der Waals surface area contributed by atoms with Crippen LogP contribution < -0.4 is 20.2 Å². The number of esters is 1. The Kier molecular flexibility index (Phi) is 10.0. The van der Waals surface area contributed by atoms with Crippen molar-refractivity contribution in [2.45, 2.75) is 5.92 Å². The van der Waals surface area contributed by atoms with Gasteiger partial charge in [-0.15, -0.1) is 0 Å². The molecule has 0 spiro atoms. The minimum absolute atomic E-state index is 0.247. The largest absolute Gasteiger partial charge is 0.493 e. The Balaban J connectivity index is 1.34. The summed E-state index contributed by atoms with van der Waals surface area (Å²) in [6, 6.07) is 30.8. The number of hydrogen-bond donors (Lipinski definition) is 2. The molecule has 0 radical (unpaired) electrons. The zero-order valence-electron chi connectivity index (χ0n) is 21.5. The van der Waals surface area contributed by atoms with Crippen LogP contribution in [0.3, 0.4) is 0 Å². The number of rotatable bonds is 10. The molecule has 4 aromatic carbocycles. The van der Waals surface area contributed by atoms with E-state index < -0.39 is 17.8 Å². The molecule has 2 amide bonds. The number of methoxy groups -OCH3 is 1. The second kappa shape index (κ2) is 14.0. The van der Waals surface area contributed by atoms with Crippen LogP contribution in [0.4, 0.5) is 0 Å². The van der Waals surface area contributed by atoms with E-state index in [1.54, 1.807) is 30.3 Å². The normalized spacial score (nSPS) is 10.8. The first kappa shape index (κ1) is 28.5. The number of hydrazone groups is 1. The number of carbonyl (C=O) groups excluding carboxylic acids is 3. The van der Waals surface area contributed by atoms with E-state index in [2.05, 4.69) is 38.4 Å². The van der Waals surface area contributed by atoms with Gasteiger partial charge in [0.1, 0.15) is 0 Å². The fourth-order valence-corrected chi connectivity index (χ4v) is 4.51. The first-order valence-corrected chi connectivity index (χ1v) is 13.4. The Morgan fingerprint density at radius 1 is 0.850 bits per heavy atom. The molecule has 0 saturated heterocycles. The summed E-state index contributed by atoms with van der Waals surface area (Å²) in [5, 5.41) is 6.66. The molecule has 0 saturated carbocycles. The number of benzene rings is 4. The lowest BCUT2D eigenvalue weighted by atomic mass is 9.90. The molecular weight excluding hydrogens is 621 g/mol. The maximum Gasteiger partial charge on any atom is 0.344 e. The molecule has 202 valence electrons. The van der Waals surface area contributed by atoms with Crippen LogP contribution in [0.2, 0.25) is 0 Å². The van der Waals surface area contributed by atoms with Crippen LogP contribution in [0.5, 0.6) is 11.5 Å². The number of amides is 2. The third-order valence-corrected chi connectivity index (χ3v) is 6.78. The lowest BCUT2D eigenvalue weighted by Crippen LogP contribution is -2.37. The lowest BCUT2D eigenvalue weighted by Gasteiger charge is -2.17. The average molecular weight is 647 g/mol. The van der Waals surface area contributed by atoms with Crippen molar-refractivity contribution >= 4 is 46.6 Å². The van der Waals surface area contributed by atoms with E-state index >= 15 is 0 Å². The zero-order valence-corrected chi connectivity index (χ0v) is 23.7. The van der Waals surface area contributed by atoms with Gasteiger partial charge in [0.05, 0.1) is 31.4 Å². The quantitative estimate of drug-likeness (QED) is 0.0837. The third-order valence-electron chi connectivity index (χ3n) is 5.84. The van der Waals surface area contributed by atoms with Gasteiger partial charge in [0.15, 0.2) is 11.5 Å². The van der Waals surface area contributed by atoms with Crippen molar-refractivity contribution in [1.29, 1.82) is 0 Å². The molecule has 0 aliphatic rings. The summed E-state index contributed by atoms with van der Waals surface area (Å²) in [5.74, 6) is -1.25. The molecule has 0 fully saturated rings. The second-order valence-electron chi connectivity index (χ2n) is 8.55. The molecule has 0 atom stereocenters. The number of halogens is 1. The molecule has 8 nitrogen and oxygen atoms in total. The van der Waals surface area contributed by atoms with Crippen molar-refractivity contribution in [3.63, 3.8) is 0 Å².